The van der Waals surface area contributed by atoms with E-state index in [9.17, 15) is 29.4 Å². The van der Waals surface area contributed by atoms with Crippen molar-refractivity contribution in [3.05, 3.63) is 41.7 Å². The highest BCUT2D eigenvalue weighted by atomic mass is 16.8. The molecule has 0 spiro atoms. The molecule has 4 fully saturated rings. The number of aliphatic hydroxyl groups is 3. The van der Waals surface area contributed by atoms with Crippen LogP contribution in [0.3, 0.4) is 0 Å². The van der Waals surface area contributed by atoms with E-state index in [4.69, 9.17) is 33.6 Å². The van der Waals surface area contributed by atoms with Gasteiger partial charge in [0.05, 0.1) is 38.2 Å². The molecule has 3 saturated heterocycles. The van der Waals surface area contributed by atoms with Crippen molar-refractivity contribution in [1.29, 1.82) is 0 Å². The van der Waals surface area contributed by atoms with Crippen LogP contribution in [0.5, 0.6) is 0 Å². The van der Waals surface area contributed by atoms with Gasteiger partial charge < -0.3 is 49.6 Å². The summed E-state index contributed by atoms with van der Waals surface area (Å²) >= 11 is 0. The van der Waals surface area contributed by atoms with Crippen molar-refractivity contribution in [3.8, 4) is 0 Å². The third kappa shape index (κ3) is 8.12. The van der Waals surface area contributed by atoms with Crippen molar-refractivity contribution in [2.45, 2.75) is 108 Å². The number of carbonyl (C=O) groups is 4. The van der Waals surface area contributed by atoms with E-state index in [1.165, 1.54) is 18.2 Å². The molecule has 2 amide bonds. The third-order valence-electron chi connectivity index (χ3n) is 9.09. The average molecular weight is 706 g/mol. The highest BCUT2D eigenvalue weighted by Gasteiger charge is 2.74. The Morgan fingerprint density at radius 1 is 1.16 bits per heavy atom. The van der Waals surface area contributed by atoms with Crippen LogP contribution in [0.25, 0.3) is 6.08 Å². The second-order valence-electron chi connectivity index (χ2n) is 14.0. The van der Waals surface area contributed by atoms with Gasteiger partial charge in [-0.2, -0.15) is 5.06 Å². The Kier molecular flexibility index (Phi) is 11.8. The van der Waals surface area contributed by atoms with Crippen molar-refractivity contribution in [1.82, 2.24) is 15.7 Å². The van der Waals surface area contributed by atoms with E-state index < -0.39 is 90.0 Å². The minimum atomic E-state index is -1.59. The van der Waals surface area contributed by atoms with Crippen LogP contribution >= 0.6 is 0 Å². The summed E-state index contributed by atoms with van der Waals surface area (Å²) in [5.41, 5.74) is -0.778. The van der Waals surface area contributed by atoms with E-state index in [1.54, 1.807) is 26.8 Å². The number of rotatable bonds is 15. The molecule has 1 aromatic rings. The lowest BCUT2D eigenvalue weighted by atomic mass is 9.62. The Morgan fingerprint density at radius 2 is 1.92 bits per heavy atom. The first-order valence-corrected chi connectivity index (χ1v) is 16.7. The van der Waals surface area contributed by atoms with Crippen molar-refractivity contribution in [2.75, 3.05) is 26.6 Å². The Hall–Kier alpha value is -3.64. The fourth-order valence-electron chi connectivity index (χ4n) is 6.92. The van der Waals surface area contributed by atoms with E-state index in [0.29, 0.717) is 0 Å². The SMILES string of the molecule is C[C@H](O)[C@@H](NC(=O)[C@@]12C[C@H]3OC(=O)[C@@H]1N(Cc1cccc(C=COCCO)c1)O[C@@H]2[C@H]1OCO[C@H]13)C(=O)N[C@H](CO)CCC(=O)OC(C)(C)C. The molecule has 1 saturated carbocycles. The van der Waals surface area contributed by atoms with Crippen LogP contribution in [-0.2, 0) is 54.2 Å². The van der Waals surface area contributed by atoms with Crippen molar-refractivity contribution < 1.29 is 63.0 Å². The standard InChI is InChI=1S/C34H47N3O13/c1-19(40)25(30(42)35-22(17-39)8-9-24(41)49-33(2,3)4)36-32(44)34-15-23-26-27(47-18-46-26)29(34)50-37(28(34)31(43)48-23)16-21-7-5-6-20(14-21)10-12-45-13-11-38/h5-7,10,12,14,19,22-23,25-29,38-40H,8-9,11,13,15-18H2,1-4H3,(H,35,42)(H,36,44)/t19-,22-,23+,25+,26-,27-,28-,29+,34-/m0/s1. The summed E-state index contributed by atoms with van der Waals surface area (Å²) in [6.07, 6.45) is -1.51. The van der Waals surface area contributed by atoms with Crippen LogP contribution in [0, 0.1) is 5.41 Å². The molecule has 4 aliphatic rings. The molecule has 2 bridgehead atoms. The molecule has 1 aliphatic carbocycles. The quantitative estimate of drug-likeness (QED) is 0.0899. The zero-order chi connectivity index (χ0) is 36.2. The number of ether oxygens (including phenoxy) is 5. The largest absolute Gasteiger partial charge is 0.499 e. The van der Waals surface area contributed by atoms with Gasteiger partial charge in [0.1, 0.15) is 54.9 Å². The van der Waals surface area contributed by atoms with E-state index in [2.05, 4.69) is 10.6 Å². The number of hydrogen-bond acceptors (Lipinski definition) is 14. The summed E-state index contributed by atoms with van der Waals surface area (Å²) < 4.78 is 27.9. The van der Waals surface area contributed by atoms with Crippen molar-refractivity contribution in [3.63, 3.8) is 0 Å². The number of carbonyl (C=O) groups excluding carboxylic acids is 4. The number of amides is 2. The Balaban J connectivity index is 1.36. The minimum Gasteiger partial charge on any atom is -0.499 e. The molecule has 16 heteroatoms. The van der Waals surface area contributed by atoms with Crippen LogP contribution in [-0.4, -0.2) is 125 Å². The molecule has 16 nitrogen and oxygen atoms in total. The molecule has 0 radical (unpaired) electrons. The maximum Gasteiger partial charge on any atom is 0.327 e. The average Bonchev–Trinajstić information content (AvgIpc) is 3.68. The summed E-state index contributed by atoms with van der Waals surface area (Å²) in [7, 11) is 0. The lowest BCUT2D eigenvalue weighted by Gasteiger charge is -2.49. The molecular weight excluding hydrogens is 658 g/mol. The normalized spacial score (nSPS) is 29.1. The molecule has 50 heavy (non-hydrogen) atoms. The summed E-state index contributed by atoms with van der Waals surface area (Å²) in [6, 6.07) is 3.72. The highest BCUT2D eigenvalue weighted by molar-refractivity contribution is 5.96. The number of aliphatic hydroxyl groups excluding tert-OH is 3. The molecule has 9 atom stereocenters. The summed E-state index contributed by atoms with van der Waals surface area (Å²) in [6.45, 7) is 6.00. The van der Waals surface area contributed by atoms with Gasteiger partial charge in [-0.05, 0) is 51.3 Å². The molecule has 3 aliphatic heterocycles. The van der Waals surface area contributed by atoms with Gasteiger partial charge in [-0.3, -0.25) is 24.0 Å². The van der Waals surface area contributed by atoms with Gasteiger partial charge in [0, 0.05) is 12.8 Å². The predicted molar refractivity (Wildman–Crippen MR) is 172 cm³/mol. The van der Waals surface area contributed by atoms with Crippen molar-refractivity contribution in [2.24, 2.45) is 5.41 Å². The van der Waals surface area contributed by atoms with Gasteiger partial charge in [0.15, 0.2) is 6.04 Å². The lowest BCUT2D eigenvalue weighted by Crippen LogP contribution is -2.71. The molecular formula is C34H47N3O13. The molecule has 5 rings (SSSR count). The first-order chi connectivity index (χ1) is 23.8. The van der Waals surface area contributed by atoms with Crippen LogP contribution in [0.2, 0.25) is 0 Å². The molecule has 0 aromatic heterocycles. The molecule has 276 valence electrons. The smallest absolute Gasteiger partial charge is 0.327 e. The lowest BCUT2D eigenvalue weighted by molar-refractivity contribution is -0.201. The van der Waals surface area contributed by atoms with Gasteiger partial charge in [-0.25, -0.2) is 0 Å². The predicted octanol–water partition coefficient (Wildman–Crippen LogP) is -0.328. The maximum atomic E-state index is 14.5. The minimum absolute atomic E-state index is 0.00914. The zero-order valence-corrected chi connectivity index (χ0v) is 28.6. The molecule has 0 unspecified atom stereocenters. The fourth-order valence-corrected chi connectivity index (χ4v) is 6.92. The van der Waals surface area contributed by atoms with E-state index in [0.717, 1.165) is 11.1 Å². The summed E-state index contributed by atoms with van der Waals surface area (Å²) in [5.74, 6) is -2.73. The molecule has 3 heterocycles. The topological polar surface area (TPSA) is 212 Å². The molecule has 1 aromatic carbocycles. The second kappa shape index (κ2) is 15.7. The second-order valence-corrected chi connectivity index (χ2v) is 14.0. The first-order valence-electron chi connectivity index (χ1n) is 16.7. The number of nitrogens with zero attached hydrogens (tertiary/aromatic N) is 1. The van der Waals surface area contributed by atoms with Crippen molar-refractivity contribution >= 4 is 29.8 Å². The number of nitrogens with one attached hydrogen (secondary N) is 2. The number of benzene rings is 1. The Bertz CT molecular complexity index is 1430. The van der Waals surface area contributed by atoms with E-state index in [1.807, 2.05) is 24.3 Å². The number of fused-ring (bicyclic) bond motifs is 4. The monoisotopic (exact) mass is 705 g/mol. The number of esters is 2. The Labute approximate surface area is 289 Å². The summed E-state index contributed by atoms with van der Waals surface area (Å²) in [5, 5.41) is 36.2. The van der Waals surface area contributed by atoms with E-state index >= 15 is 0 Å². The molecule has 5 N–H and O–H groups in total. The first kappa shape index (κ1) is 37.6. The Morgan fingerprint density at radius 3 is 2.62 bits per heavy atom. The van der Waals surface area contributed by atoms with E-state index in [-0.39, 0.29) is 45.8 Å². The number of hydroxylamine groups is 2. The van der Waals surface area contributed by atoms with Gasteiger partial charge in [0.2, 0.25) is 11.8 Å². The van der Waals surface area contributed by atoms with Gasteiger partial charge in [0.25, 0.3) is 0 Å². The summed E-state index contributed by atoms with van der Waals surface area (Å²) in [4.78, 5) is 60.3. The van der Waals surface area contributed by atoms with Crippen LogP contribution in [0.1, 0.15) is 58.1 Å². The zero-order valence-electron chi connectivity index (χ0n) is 28.6. The fraction of sp³-hybridized carbons (Fsp3) is 0.647. The van der Waals surface area contributed by atoms with Gasteiger partial charge >= 0.3 is 11.9 Å². The van der Waals surface area contributed by atoms with Crippen LogP contribution < -0.4 is 10.6 Å². The third-order valence-corrected chi connectivity index (χ3v) is 9.09. The number of hydrogen-bond donors (Lipinski definition) is 5. The maximum absolute atomic E-state index is 14.5. The highest BCUT2D eigenvalue weighted by Crippen LogP contribution is 2.55. The van der Waals surface area contributed by atoms with Gasteiger partial charge in [-0.15, -0.1) is 0 Å². The van der Waals surface area contributed by atoms with Crippen LogP contribution in [0.4, 0.5) is 0 Å². The van der Waals surface area contributed by atoms with Crippen LogP contribution in [0.15, 0.2) is 30.5 Å². The van der Waals surface area contributed by atoms with Gasteiger partial charge in [-0.1, -0.05) is 24.3 Å².